The van der Waals surface area contributed by atoms with E-state index in [1.807, 2.05) is 29.2 Å². The summed E-state index contributed by atoms with van der Waals surface area (Å²) in [5.41, 5.74) is 0.0327. The maximum Gasteiger partial charge on any atom is 0.490 e. The molecule has 4 aliphatic rings. The highest BCUT2D eigenvalue weighted by Crippen LogP contribution is 2.42. The summed E-state index contributed by atoms with van der Waals surface area (Å²) in [7, 11) is 0. The van der Waals surface area contributed by atoms with Crippen LogP contribution in [0.15, 0.2) is 42.6 Å². The van der Waals surface area contributed by atoms with E-state index in [4.69, 9.17) is 41.1 Å². The van der Waals surface area contributed by atoms with E-state index in [1.54, 1.807) is 18.3 Å². The van der Waals surface area contributed by atoms with Crippen molar-refractivity contribution in [3.63, 3.8) is 0 Å². The molecule has 302 valence electrons. The fourth-order valence-electron chi connectivity index (χ4n) is 7.62. The van der Waals surface area contributed by atoms with Crippen molar-refractivity contribution in [3.05, 3.63) is 53.4 Å². The van der Waals surface area contributed by atoms with Gasteiger partial charge in [0.15, 0.2) is 5.82 Å². The van der Waals surface area contributed by atoms with Gasteiger partial charge in [-0.3, -0.25) is 9.88 Å². The quantitative estimate of drug-likeness (QED) is 0.184. The summed E-state index contributed by atoms with van der Waals surface area (Å²) >= 11 is 6.57. The van der Waals surface area contributed by atoms with Gasteiger partial charge in [-0.05, 0) is 24.3 Å². The zero-order valence-corrected chi connectivity index (χ0v) is 29.6. The summed E-state index contributed by atoms with van der Waals surface area (Å²) in [6.07, 6.45) is -8.09. The number of anilines is 1. The van der Waals surface area contributed by atoms with E-state index < -0.39 is 48.0 Å². The van der Waals surface area contributed by atoms with Gasteiger partial charge in [0, 0.05) is 73.3 Å². The maximum atomic E-state index is 16.6. The molecule has 4 aromatic rings. The smallest absolute Gasteiger partial charge is 0.475 e. The van der Waals surface area contributed by atoms with Crippen LogP contribution in [0.2, 0.25) is 5.02 Å². The van der Waals surface area contributed by atoms with Gasteiger partial charge in [-0.2, -0.15) is 36.3 Å². The number of nitrogens with zero attached hydrogens (tertiary/aromatic N) is 5. The van der Waals surface area contributed by atoms with E-state index in [2.05, 4.69) is 20.2 Å². The summed E-state index contributed by atoms with van der Waals surface area (Å²) < 4.78 is 115. The topological polar surface area (TPSA) is 141 Å². The van der Waals surface area contributed by atoms with Crippen LogP contribution in [0.4, 0.5) is 45.3 Å². The summed E-state index contributed by atoms with van der Waals surface area (Å²) in [5, 5.41) is 20.4. The molecule has 2 bridgehead atoms. The number of aliphatic carboxylic acids is 2. The van der Waals surface area contributed by atoms with Crippen LogP contribution in [0.1, 0.15) is 25.7 Å². The fourth-order valence-corrected chi connectivity index (χ4v) is 7.90. The first-order valence-corrected chi connectivity index (χ1v) is 17.4. The van der Waals surface area contributed by atoms with Crippen LogP contribution in [0.3, 0.4) is 0 Å². The zero-order chi connectivity index (χ0) is 40.7. The average molecular weight is 823 g/mol. The Morgan fingerprint density at radius 3 is 2.00 bits per heavy atom. The molecule has 2 aromatic heterocycles. The Kier molecular flexibility index (Phi) is 11.5. The number of rotatable bonds is 5. The highest BCUT2D eigenvalue weighted by atomic mass is 35.5. The number of nitrogens with one attached hydrogen (secondary N) is 1. The molecule has 56 heavy (non-hydrogen) atoms. The first-order valence-electron chi connectivity index (χ1n) is 17.1. The number of pyridine rings is 1. The van der Waals surface area contributed by atoms with Gasteiger partial charge in [0.05, 0.1) is 10.9 Å². The normalized spacial score (nSPS) is 24.6. The lowest BCUT2D eigenvalue weighted by Gasteiger charge is -2.34. The molecule has 8 rings (SSSR count). The molecule has 4 aliphatic heterocycles. The fraction of sp³-hybridized carbons (Fsp3) is 0.457. The van der Waals surface area contributed by atoms with Crippen LogP contribution in [-0.2, 0) is 9.59 Å². The molecule has 6 heterocycles. The molecule has 0 aliphatic carbocycles. The van der Waals surface area contributed by atoms with Crippen LogP contribution in [-0.4, -0.2) is 117 Å². The summed E-state index contributed by atoms with van der Waals surface area (Å²) in [5.74, 6) is -5.55. The number of carbonyl (C=O) groups is 2. The molecular weight excluding hydrogens is 791 g/mol. The SMILES string of the molecule is Fc1c(-c2cccc3cccc(Cl)c23)ncc2c(N3C[C@H]4CC[C@@H](C3)N4)nc(OCC34CC(F)CN3CC(F)C4)nc12.O=C(O)C(F)(F)F.O=C(O)C(F)(F)F. The van der Waals surface area contributed by atoms with Gasteiger partial charge in [-0.25, -0.2) is 22.8 Å². The number of carboxylic acid groups (broad SMARTS) is 2. The minimum Gasteiger partial charge on any atom is -0.475 e. The third-order valence-corrected chi connectivity index (χ3v) is 10.2. The summed E-state index contributed by atoms with van der Waals surface area (Å²) in [6, 6.07) is 11.8. The lowest BCUT2D eigenvalue weighted by molar-refractivity contribution is -0.193. The number of aromatic nitrogens is 3. The monoisotopic (exact) mass is 822 g/mol. The number of piperazine rings is 1. The van der Waals surface area contributed by atoms with Gasteiger partial charge >= 0.3 is 30.3 Å². The molecular formula is C35H32ClF9N6O5. The number of ether oxygens (including phenoxy) is 1. The number of carboxylic acids is 2. The van der Waals surface area contributed by atoms with Gasteiger partial charge in [0.1, 0.15) is 36.0 Å². The predicted molar refractivity (Wildman–Crippen MR) is 184 cm³/mol. The largest absolute Gasteiger partial charge is 0.490 e. The minimum absolute atomic E-state index is 0.00526. The van der Waals surface area contributed by atoms with Crippen LogP contribution in [0.25, 0.3) is 32.9 Å². The summed E-state index contributed by atoms with van der Waals surface area (Å²) in [6.45, 7) is 1.84. The average Bonchev–Trinajstić information content (AvgIpc) is 3.73. The lowest BCUT2D eigenvalue weighted by atomic mass is 9.94. The van der Waals surface area contributed by atoms with Crippen molar-refractivity contribution in [3.8, 4) is 17.3 Å². The van der Waals surface area contributed by atoms with Crippen molar-refractivity contribution < 1.29 is 64.1 Å². The predicted octanol–water partition coefficient (Wildman–Crippen LogP) is 6.75. The molecule has 3 N–H and O–H groups in total. The van der Waals surface area contributed by atoms with E-state index >= 15 is 4.39 Å². The second-order valence-electron chi connectivity index (χ2n) is 13.8. The molecule has 0 spiro atoms. The van der Waals surface area contributed by atoms with E-state index in [0.717, 1.165) is 31.3 Å². The van der Waals surface area contributed by atoms with E-state index in [9.17, 15) is 35.1 Å². The van der Waals surface area contributed by atoms with Gasteiger partial charge in [0.2, 0.25) is 0 Å². The summed E-state index contributed by atoms with van der Waals surface area (Å²) in [4.78, 5) is 35.7. The zero-order valence-electron chi connectivity index (χ0n) is 28.8. The van der Waals surface area contributed by atoms with Crippen molar-refractivity contribution in [2.75, 3.05) is 37.7 Å². The highest BCUT2D eigenvalue weighted by molar-refractivity contribution is 6.36. The van der Waals surface area contributed by atoms with E-state index in [1.165, 1.54) is 0 Å². The molecule has 0 radical (unpaired) electrons. The molecule has 11 nitrogen and oxygen atoms in total. The molecule has 4 fully saturated rings. The second kappa shape index (κ2) is 15.7. The first-order chi connectivity index (χ1) is 26.3. The van der Waals surface area contributed by atoms with Gasteiger partial charge in [-0.15, -0.1) is 0 Å². The molecule has 2 aromatic carbocycles. The van der Waals surface area contributed by atoms with E-state index in [0.29, 0.717) is 39.3 Å². The molecule has 0 saturated carbocycles. The van der Waals surface area contributed by atoms with Crippen LogP contribution < -0.4 is 15.0 Å². The molecule has 2 unspecified atom stereocenters. The maximum absolute atomic E-state index is 16.6. The highest BCUT2D eigenvalue weighted by Gasteiger charge is 2.53. The van der Waals surface area contributed by atoms with Gasteiger partial charge in [0.25, 0.3) is 0 Å². The Balaban J connectivity index is 0.000000326. The molecule has 0 amide bonds. The first kappa shape index (κ1) is 41.0. The van der Waals surface area contributed by atoms with Crippen molar-refractivity contribution in [2.45, 2.75) is 68.0 Å². The molecule has 4 atom stereocenters. The Hall–Kier alpha value is -4.69. The van der Waals surface area contributed by atoms with Crippen molar-refractivity contribution >= 4 is 51.0 Å². The van der Waals surface area contributed by atoms with Crippen molar-refractivity contribution in [1.82, 2.24) is 25.2 Å². The number of fused-ring (bicyclic) bond motifs is 5. The Morgan fingerprint density at radius 1 is 0.893 bits per heavy atom. The number of hydrogen-bond donors (Lipinski definition) is 3. The molecule has 4 saturated heterocycles. The Bertz CT molecular complexity index is 2070. The van der Waals surface area contributed by atoms with E-state index in [-0.39, 0.29) is 49.8 Å². The Morgan fingerprint density at radius 2 is 1.45 bits per heavy atom. The Labute approximate surface area is 316 Å². The van der Waals surface area contributed by atoms with Gasteiger partial charge < -0.3 is 25.2 Å². The molecule has 21 heteroatoms. The van der Waals surface area contributed by atoms with Crippen molar-refractivity contribution in [1.29, 1.82) is 0 Å². The lowest BCUT2D eigenvalue weighted by Crippen LogP contribution is -2.51. The second-order valence-corrected chi connectivity index (χ2v) is 14.2. The number of hydrogen-bond acceptors (Lipinski definition) is 9. The van der Waals surface area contributed by atoms with Crippen molar-refractivity contribution in [2.24, 2.45) is 0 Å². The number of alkyl halides is 8. The van der Waals surface area contributed by atoms with Gasteiger partial charge in [-0.1, -0.05) is 41.9 Å². The standard InChI is InChI=1S/C31H30ClF3N6O.2C2HF3O2/c32-24-6-2-4-17-3-1-5-22(25(17)24)27-26(35)28-23(11-36-27)29(40-14-20-7-8-21(15-40)37-20)39-30(38-28)42-16-31-9-18(33)12-41(31)13-19(34)10-31;2*3-2(4,5)1(6)7/h1-6,11,18-21,37H,7-10,12-16H2;2*(H,6,7)/t18?,19?,20-,21+,31?;;. The third kappa shape index (κ3) is 8.66. The van der Waals surface area contributed by atoms with Crippen LogP contribution >= 0.6 is 11.6 Å². The third-order valence-electron chi connectivity index (χ3n) is 9.93. The number of halogens is 10. The number of benzene rings is 2. The minimum atomic E-state index is -5.08. The van der Waals surface area contributed by atoms with Crippen LogP contribution in [0, 0.1) is 5.82 Å². The van der Waals surface area contributed by atoms with Crippen LogP contribution in [0.5, 0.6) is 6.01 Å².